The second-order valence-corrected chi connectivity index (χ2v) is 3.11. The topological polar surface area (TPSA) is 26.3 Å². The number of ketones is 1. The van der Waals surface area contributed by atoms with Crippen molar-refractivity contribution in [3.63, 3.8) is 0 Å². The highest BCUT2D eigenvalue weighted by Gasteiger charge is 2.28. The van der Waals surface area contributed by atoms with Crippen molar-refractivity contribution in [2.45, 2.75) is 25.6 Å². The summed E-state index contributed by atoms with van der Waals surface area (Å²) in [6, 6.07) is 0. The van der Waals surface area contributed by atoms with Gasteiger partial charge in [0.05, 0.1) is 6.10 Å². The minimum atomic E-state index is -0.148. The molecule has 2 nitrogen and oxygen atoms in total. The quantitative estimate of drug-likeness (QED) is 0.508. The van der Waals surface area contributed by atoms with Gasteiger partial charge in [-0.1, -0.05) is 22.6 Å². The van der Waals surface area contributed by atoms with Crippen LogP contribution >= 0.6 is 22.6 Å². The van der Waals surface area contributed by atoms with Crippen LogP contribution in [0.5, 0.6) is 0 Å². The van der Waals surface area contributed by atoms with E-state index in [0.29, 0.717) is 6.42 Å². The van der Waals surface area contributed by atoms with Gasteiger partial charge >= 0.3 is 0 Å². The average molecular weight is 240 g/mol. The van der Waals surface area contributed by atoms with Crippen LogP contribution in [0, 0.1) is 0 Å². The highest BCUT2D eigenvalue weighted by molar-refractivity contribution is 14.1. The first kappa shape index (κ1) is 7.47. The van der Waals surface area contributed by atoms with Crippen LogP contribution in [0.2, 0.25) is 0 Å². The maximum atomic E-state index is 10.8. The van der Waals surface area contributed by atoms with Crippen molar-refractivity contribution < 1.29 is 9.53 Å². The van der Waals surface area contributed by atoms with Gasteiger partial charge in [0.1, 0.15) is 6.10 Å². The van der Waals surface area contributed by atoms with Crippen LogP contribution in [0.15, 0.2) is 0 Å². The Morgan fingerprint density at radius 1 is 1.89 bits per heavy atom. The molecule has 0 aromatic rings. The van der Waals surface area contributed by atoms with E-state index in [-0.39, 0.29) is 18.0 Å². The smallest absolute Gasteiger partial charge is 0.163 e. The minimum absolute atomic E-state index is 0.148. The lowest BCUT2D eigenvalue weighted by Gasteiger charge is -2.03. The van der Waals surface area contributed by atoms with Crippen LogP contribution in [-0.4, -0.2) is 22.4 Å². The van der Waals surface area contributed by atoms with Crippen LogP contribution in [0.1, 0.15) is 13.3 Å². The largest absolute Gasteiger partial charge is 0.366 e. The van der Waals surface area contributed by atoms with Gasteiger partial charge < -0.3 is 4.74 Å². The molecule has 3 heteroatoms. The van der Waals surface area contributed by atoms with Gasteiger partial charge in [-0.3, -0.25) is 4.79 Å². The molecular weight excluding hydrogens is 231 g/mol. The Morgan fingerprint density at radius 3 is 2.78 bits per heavy atom. The van der Waals surface area contributed by atoms with Gasteiger partial charge in [0, 0.05) is 10.8 Å². The highest BCUT2D eigenvalue weighted by atomic mass is 127. The number of ether oxygens (including phenoxy) is 1. The van der Waals surface area contributed by atoms with Crippen molar-refractivity contribution in [1.29, 1.82) is 0 Å². The lowest BCUT2D eigenvalue weighted by molar-refractivity contribution is -0.121. The first-order chi connectivity index (χ1) is 4.24. The van der Waals surface area contributed by atoms with Crippen LogP contribution in [-0.2, 0) is 9.53 Å². The Morgan fingerprint density at radius 2 is 2.56 bits per heavy atom. The summed E-state index contributed by atoms with van der Waals surface area (Å²) in [6.07, 6.45) is 0.655. The standard InChI is InChI=1S/C6H9IO2/c1-4-6(8)2-5(3-7)9-4/h4-5H,2-3H2,1H3/t4-,5-/m1/s1. The number of Topliss-reactive ketones (excluding diaryl/α,β-unsaturated/α-hetero) is 1. The second-order valence-electron chi connectivity index (χ2n) is 2.23. The third kappa shape index (κ3) is 1.64. The van der Waals surface area contributed by atoms with Crippen molar-refractivity contribution in [3.05, 3.63) is 0 Å². The number of carbonyl (C=O) groups excluding carboxylic acids is 1. The number of hydrogen-bond donors (Lipinski definition) is 0. The number of rotatable bonds is 1. The minimum Gasteiger partial charge on any atom is -0.366 e. The summed E-state index contributed by atoms with van der Waals surface area (Å²) in [5.74, 6) is 0.247. The van der Waals surface area contributed by atoms with Gasteiger partial charge in [-0.25, -0.2) is 0 Å². The Bertz CT molecular complexity index is 124. The molecule has 0 spiro atoms. The molecule has 1 aliphatic heterocycles. The number of carbonyl (C=O) groups is 1. The van der Waals surface area contributed by atoms with Gasteiger partial charge in [-0.15, -0.1) is 0 Å². The van der Waals surface area contributed by atoms with Crippen LogP contribution in [0.25, 0.3) is 0 Å². The Kier molecular flexibility index (Phi) is 2.46. The molecule has 0 amide bonds. The molecule has 0 unspecified atom stereocenters. The molecule has 1 rings (SSSR count). The lowest BCUT2D eigenvalue weighted by Crippen LogP contribution is -2.10. The van der Waals surface area contributed by atoms with E-state index in [9.17, 15) is 4.79 Å². The van der Waals surface area contributed by atoms with E-state index in [1.807, 2.05) is 6.92 Å². The van der Waals surface area contributed by atoms with E-state index in [0.717, 1.165) is 4.43 Å². The summed E-state index contributed by atoms with van der Waals surface area (Å²) in [5.41, 5.74) is 0. The molecule has 0 bridgehead atoms. The maximum Gasteiger partial charge on any atom is 0.163 e. The summed E-state index contributed by atoms with van der Waals surface area (Å²) >= 11 is 2.23. The summed E-state index contributed by atoms with van der Waals surface area (Å²) < 4.78 is 6.19. The zero-order valence-electron chi connectivity index (χ0n) is 5.26. The molecule has 0 N–H and O–H groups in total. The molecule has 52 valence electrons. The second kappa shape index (κ2) is 2.96. The zero-order chi connectivity index (χ0) is 6.85. The third-order valence-electron chi connectivity index (χ3n) is 1.45. The van der Waals surface area contributed by atoms with Crippen molar-refractivity contribution in [3.8, 4) is 0 Å². The van der Waals surface area contributed by atoms with Crippen molar-refractivity contribution in [2.75, 3.05) is 4.43 Å². The number of halogens is 1. The van der Waals surface area contributed by atoms with Gasteiger partial charge in [0.2, 0.25) is 0 Å². The van der Waals surface area contributed by atoms with Crippen LogP contribution < -0.4 is 0 Å². The molecule has 0 radical (unpaired) electrons. The van der Waals surface area contributed by atoms with Gasteiger partial charge in [-0.2, -0.15) is 0 Å². The van der Waals surface area contributed by atoms with E-state index in [1.54, 1.807) is 0 Å². The molecule has 0 saturated carbocycles. The number of alkyl halides is 1. The highest BCUT2D eigenvalue weighted by Crippen LogP contribution is 2.16. The summed E-state index contributed by atoms with van der Waals surface area (Å²) in [4.78, 5) is 10.8. The number of hydrogen-bond acceptors (Lipinski definition) is 2. The molecule has 0 aromatic heterocycles. The first-order valence-electron chi connectivity index (χ1n) is 2.98. The molecule has 0 aromatic carbocycles. The monoisotopic (exact) mass is 240 g/mol. The molecule has 1 heterocycles. The molecule has 9 heavy (non-hydrogen) atoms. The summed E-state index contributed by atoms with van der Waals surface area (Å²) in [5, 5.41) is 0. The van der Waals surface area contributed by atoms with Crippen LogP contribution in [0.3, 0.4) is 0 Å². The van der Waals surface area contributed by atoms with Gasteiger partial charge in [0.25, 0.3) is 0 Å². The van der Waals surface area contributed by atoms with Crippen molar-refractivity contribution >= 4 is 28.4 Å². The first-order valence-corrected chi connectivity index (χ1v) is 4.50. The fraction of sp³-hybridized carbons (Fsp3) is 0.833. The van der Waals surface area contributed by atoms with Gasteiger partial charge in [-0.05, 0) is 6.92 Å². The Labute approximate surface area is 68.1 Å². The SMILES string of the molecule is C[C@H]1O[C@@H](CI)CC1=O. The third-order valence-corrected chi connectivity index (χ3v) is 2.43. The van der Waals surface area contributed by atoms with Gasteiger partial charge in [0.15, 0.2) is 5.78 Å². The zero-order valence-corrected chi connectivity index (χ0v) is 7.42. The predicted molar refractivity (Wildman–Crippen MR) is 42.8 cm³/mol. The lowest BCUT2D eigenvalue weighted by atomic mass is 10.2. The van der Waals surface area contributed by atoms with E-state index >= 15 is 0 Å². The predicted octanol–water partition coefficient (Wildman–Crippen LogP) is 1.17. The van der Waals surface area contributed by atoms with Crippen molar-refractivity contribution in [2.24, 2.45) is 0 Å². The molecule has 0 aliphatic carbocycles. The maximum absolute atomic E-state index is 10.8. The Balaban J connectivity index is 2.44. The van der Waals surface area contributed by atoms with Crippen LogP contribution in [0.4, 0.5) is 0 Å². The van der Waals surface area contributed by atoms with E-state index in [4.69, 9.17) is 4.74 Å². The normalized spacial score (nSPS) is 35.6. The average Bonchev–Trinajstić information content (AvgIpc) is 2.13. The molecule has 2 atom stereocenters. The molecule has 1 fully saturated rings. The fourth-order valence-corrected chi connectivity index (χ4v) is 1.41. The fourth-order valence-electron chi connectivity index (χ4n) is 0.894. The molecular formula is C6H9IO2. The summed E-state index contributed by atoms with van der Waals surface area (Å²) in [7, 11) is 0. The van der Waals surface area contributed by atoms with Crippen molar-refractivity contribution in [1.82, 2.24) is 0 Å². The summed E-state index contributed by atoms with van der Waals surface area (Å²) in [6.45, 7) is 1.81. The van der Waals surface area contributed by atoms with E-state index in [1.165, 1.54) is 0 Å². The molecule has 1 aliphatic rings. The molecule has 1 saturated heterocycles. The van der Waals surface area contributed by atoms with E-state index < -0.39 is 0 Å². The van der Waals surface area contributed by atoms with E-state index in [2.05, 4.69) is 22.6 Å². The Hall–Kier alpha value is 0.360.